The Labute approximate surface area is 141 Å². The molecule has 0 radical (unpaired) electrons. The molecule has 0 aliphatic heterocycles. The van der Waals surface area contributed by atoms with Crippen LogP contribution in [0.25, 0.3) is 11.5 Å². The molecule has 2 aromatic heterocycles. The average molecular weight is 338 g/mol. The highest BCUT2D eigenvalue weighted by Gasteiger charge is 2.13. The van der Waals surface area contributed by atoms with Crippen LogP contribution in [0.15, 0.2) is 57.9 Å². The van der Waals surface area contributed by atoms with Crippen molar-refractivity contribution in [2.45, 2.75) is 6.92 Å². The number of anilines is 2. The number of hydrogen-bond acceptors (Lipinski definition) is 5. The zero-order valence-electron chi connectivity index (χ0n) is 13.2. The molecule has 0 atom stereocenters. The molecule has 8 nitrogen and oxygen atoms in total. The van der Waals surface area contributed by atoms with Gasteiger partial charge >= 0.3 is 5.69 Å². The summed E-state index contributed by atoms with van der Waals surface area (Å²) in [4.78, 5) is 41.4. The number of furan rings is 1. The molecule has 126 valence electrons. The number of aromatic amines is 1. The van der Waals surface area contributed by atoms with E-state index in [0.29, 0.717) is 22.8 Å². The summed E-state index contributed by atoms with van der Waals surface area (Å²) in [6.45, 7) is 1.39. The molecule has 2 amide bonds. The van der Waals surface area contributed by atoms with E-state index in [-0.39, 0.29) is 11.6 Å². The van der Waals surface area contributed by atoms with E-state index in [1.807, 2.05) is 0 Å². The first kappa shape index (κ1) is 16.2. The SMILES string of the molecule is CC(=O)Nc1cccc(NC(=O)c2cc(-c3ccco3)[nH]c(=O)n2)c1. The summed E-state index contributed by atoms with van der Waals surface area (Å²) >= 11 is 0. The number of amides is 2. The van der Waals surface area contributed by atoms with Gasteiger partial charge in [-0.2, -0.15) is 4.98 Å². The van der Waals surface area contributed by atoms with Gasteiger partial charge in [-0.1, -0.05) is 6.07 Å². The van der Waals surface area contributed by atoms with Crippen LogP contribution in [0.4, 0.5) is 11.4 Å². The van der Waals surface area contributed by atoms with Gasteiger partial charge in [0.25, 0.3) is 5.91 Å². The zero-order valence-corrected chi connectivity index (χ0v) is 13.2. The maximum Gasteiger partial charge on any atom is 0.346 e. The first-order valence-electron chi connectivity index (χ1n) is 7.35. The van der Waals surface area contributed by atoms with Crippen molar-refractivity contribution < 1.29 is 14.0 Å². The van der Waals surface area contributed by atoms with Crippen molar-refractivity contribution in [1.29, 1.82) is 0 Å². The predicted molar refractivity (Wildman–Crippen MR) is 91.3 cm³/mol. The third-order valence-corrected chi connectivity index (χ3v) is 3.20. The molecule has 3 N–H and O–H groups in total. The second-order valence-electron chi connectivity index (χ2n) is 5.18. The van der Waals surface area contributed by atoms with Crippen molar-refractivity contribution in [3.05, 3.63) is 64.9 Å². The summed E-state index contributed by atoms with van der Waals surface area (Å²) in [5.74, 6) is -0.358. The molecule has 0 aliphatic carbocycles. The van der Waals surface area contributed by atoms with E-state index in [1.165, 1.54) is 19.3 Å². The number of carbonyl (C=O) groups is 2. The average Bonchev–Trinajstić information content (AvgIpc) is 3.08. The Kier molecular flexibility index (Phi) is 4.42. The third kappa shape index (κ3) is 3.99. The molecule has 3 rings (SSSR count). The van der Waals surface area contributed by atoms with Crippen LogP contribution in [-0.4, -0.2) is 21.8 Å². The molecule has 25 heavy (non-hydrogen) atoms. The number of benzene rings is 1. The fraction of sp³-hybridized carbons (Fsp3) is 0.0588. The minimum Gasteiger partial charge on any atom is -0.463 e. The van der Waals surface area contributed by atoms with Crippen molar-refractivity contribution >= 4 is 23.2 Å². The van der Waals surface area contributed by atoms with Gasteiger partial charge in [0.1, 0.15) is 11.5 Å². The molecule has 0 saturated heterocycles. The van der Waals surface area contributed by atoms with Crippen LogP contribution in [0.5, 0.6) is 0 Å². The van der Waals surface area contributed by atoms with Crippen molar-refractivity contribution in [3.63, 3.8) is 0 Å². The Morgan fingerprint density at radius 1 is 1.08 bits per heavy atom. The van der Waals surface area contributed by atoms with E-state index in [4.69, 9.17) is 4.42 Å². The van der Waals surface area contributed by atoms with E-state index in [9.17, 15) is 14.4 Å². The molecule has 2 heterocycles. The molecule has 1 aromatic carbocycles. The van der Waals surface area contributed by atoms with E-state index in [1.54, 1.807) is 36.4 Å². The van der Waals surface area contributed by atoms with Crippen LogP contribution in [0.2, 0.25) is 0 Å². The monoisotopic (exact) mass is 338 g/mol. The second kappa shape index (κ2) is 6.83. The van der Waals surface area contributed by atoms with Gasteiger partial charge in [-0.05, 0) is 36.4 Å². The van der Waals surface area contributed by atoms with Crippen molar-refractivity contribution in [1.82, 2.24) is 9.97 Å². The topological polar surface area (TPSA) is 117 Å². The fourth-order valence-electron chi connectivity index (χ4n) is 2.21. The summed E-state index contributed by atoms with van der Waals surface area (Å²) < 4.78 is 5.21. The van der Waals surface area contributed by atoms with Gasteiger partial charge in [-0.15, -0.1) is 0 Å². The number of rotatable bonds is 4. The van der Waals surface area contributed by atoms with Crippen LogP contribution in [-0.2, 0) is 4.79 Å². The quantitative estimate of drug-likeness (QED) is 0.674. The lowest BCUT2D eigenvalue weighted by molar-refractivity contribution is -0.114. The lowest BCUT2D eigenvalue weighted by Crippen LogP contribution is -2.21. The molecule has 3 aromatic rings. The molecule has 0 spiro atoms. The Morgan fingerprint density at radius 2 is 1.84 bits per heavy atom. The van der Waals surface area contributed by atoms with Crippen LogP contribution in [0.3, 0.4) is 0 Å². The lowest BCUT2D eigenvalue weighted by Gasteiger charge is -2.08. The number of hydrogen-bond donors (Lipinski definition) is 3. The van der Waals surface area contributed by atoms with Crippen LogP contribution >= 0.6 is 0 Å². The number of H-pyrrole nitrogens is 1. The lowest BCUT2D eigenvalue weighted by atomic mass is 10.2. The van der Waals surface area contributed by atoms with Crippen LogP contribution < -0.4 is 16.3 Å². The van der Waals surface area contributed by atoms with E-state index < -0.39 is 11.6 Å². The number of nitrogens with zero attached hydrogens (tertiary/aromatic N) is 1. The van der Waals surface area contributed by atoms with Crippen LogP contribution in [0, 0.1) is 0 Å². The largest absolute Gasteiger partial charge is 0.463 e. The Balaban J connectivity index is 1.84. The van der Waals surface area contributed by atoms with Crippen LogP contribution in [0.1, 0.15) is 17.4 Å². The number of aromatic nitrogens is 2. The van der Waals surface area contributed by atoms with Crippen molar-refractivity contribution in [3.8, 4) is 11.5 Å². The fourth-order valence-corrected chi connectivity index (χ4v) is 2.21. The number of carbonyl (C=O) groups excluding carboxylic acids is 2. The molecule has 0 unspecified atom stereocenters. The van der Waals surface area contributed by atoms with E-state index >= 15 is 0 Å². The van der Waals surface area contributed by atoms with Gasteiger partial charge in [-0.25, -0.2) is 4.79 Å². The standard InChI is InChI=1S/C17H14N4O4/c1-10(22)18-11-4-2-5-12(8-11)19-16(23)14-9-13(20-17(24)21-14)15-6-3-7-25-15/h2-9H,1H3,(H,18,22)(H,19,23)(H,20,21,24). The van der Waals surface area contributed by atoms with E-state index in [2.05, 4.69) is 20.6 Å². The highest BCUT2D eigenvalue weighted by molar-refractivity contribution is 6.03. The minimum atomic E-state index is -0.661. The predicted octanol–water partition coefficient (Wildman–Crippen LogP) is 2.24. The Bertz CT molecular complexity index is 976. The number of nitrogens with one attached hydrogen (secondary N) is 3. The van der Waals surface area contributed by atoms with Gasteiger partial charge in [0.15, 0.2) is 0 Å². The van der Waals surface area contributed by atoms with Crippen molar-refractivity contribution in [2.24, 2.45) is 0 Å². The summed E-state index contributed by atoms with van der Waals surface area (Å²) in [5.41, 5.74) is 0.631. The van der Waals surface area contributed by atoms with Crippen molar-refractivity contribution in [2.75, 3.05) is 10.6 Å². The maximum atomic E-state index is 12.4. The second-order valence-corrected chi connectivity index (χ2v) is 5.18. The molecule has 8 heteroatoms. The maximum absolute atomic E-state index is 12.4. The summed E-state index contributed by atoms with van der Waals surface area (Å²) in [6, 6.07) is 11.4. The molecular weight excluding hydrogens is 324 g/mol. The molecular formula is C17H14N4O4. The minimum absolute atomic E-state index is 0.0555. The van der Waals surface area contributed by atoms with E-state index in [0.717, 1.165) is 0 Å². The summed E-state index contributed by atoms with van der Waals surface area (Å²) in [7, 11) is 0. The normalized spacial score (nSPS) is 10.3. The van der Waals surface area contributed by atoms with Gasteiger partial charge in [0.2, 0.25) is 5.91 Å². The Morgan fingerprint density at radius 3 is 2.52 bits per heavy atom. The third-order valence-electron chi connectivity index (χ3n) is 3.20. The van der Waals surface area contributed by atoms with Gasteiger partial charge in [0, 0.05) is 18.3 Å². The van der Waals surface area contributed by atoms with Gasteiger partial charge < -0.3 is 20.0 Å². The summed E-state index contributed by atoms with van der Waals surface area (Å²) in [5, 5.41) is 5.26. The highest BCUT2D eigenvalue weighted by Crippen LogP contribution is 2.18. The van der Waals surface area contributed by atoms with Gasteiger partial charge in [-0.3, -0.25) is 9.59 Å². The van der Waals surface area contributed by atoms with Gasteiger partial charge in [0.05, 0.1) is 12.0 Å². The molecule has 0 saturated carbocycles. The highest BCUT2D eigenvalue weighted by atomic mass is 16.3. The first-order chi connectivity index (χ1) is 12.0. The molecule has 0 bridgehead atoms. The summed E-state index contributed by atoms with van der Waals surface area (Å²) in [6.07, 6.45) is 1.46. The smallest absolute Gasteiger partial charge is 0.346 e. The first-order valence-corrected chi connectivity index (χ1v) is 7.35. The Hall–Kier alpha value is -3.68. The zero-order chi connectivity index (χ0) is 17.8. The molecule has 0 aliphatic rings. The molecule has 0 fully saturated rings.